The number of hydrogen-bond donors (Lipinski definition) is 3. The zero-order valence-electron chi connectivity index (χ0n) is 37.8. The highest BCUT2D eigenvalue weighted by atomic mass is 16.5. The number of aromatic nitrogens is 2. The van der Waals surface area contributed by atoms with Gasteiger partial charge in [0.25, 0.3) is 0 Å². The third kappa shape index (κ3) is 11.8. The van der Waals surface area contributed by atoms with Gasteiger partial charge in [-0.2, -0.15) is 0 Å². The number of benzene rings is 3. The van der Waals surface area contributed by atoms with E-state index in [1.165, 1.54) is 10.1 Å². The Labute approximate surface area is 380 Å². The van der Waals surface area contributed by atoms with E-state index in [1.807, 2.05) is 55.5 Å². The standard InChI is InChI=1S/C50H64N6O9/c1-33(39(23-25-43(51)57)52-49(61)42-31-38-15-6-12-36-14-8-18-45(59)56(42)46(36)38)65-32-35-21-19-34(20-22-35)11-9-29-63-27-4-3-5-28-64-30-10-16-37-13-7-17-40-47(37)54(2)50(62)55(40)41-24-26-44(58)53-48(41)60/h6-7,12-13,15,17,19-22,33,39,41-42H,3-5,8-11,14,16,18,23-32H2,1-2H3,(H2,51,57)(H,52,61)(H,53,58,60)/t33-,39+,41?,42+/m1/s1. The van der Waals surface area contributed by atoms with Crippen LogP contribution in [0.25, 0.3) is 11.0 Å². The molecular weight excluding hydrogens is 829 g/mol. The van der Waals surface area contributed by atoms with E-state index in [2.05, 4.69) is 22.8 Å². The van der Waals surface area contributed by atoms with Gasteiger partial charge >= 0.3 is 5.69 Å². The number of nitrogens with zero attached hydrogens (tertiary/aromatic N) is 3. The molecule has 0 saturated carbocycles. The molecule has 1 fully saturated rings. The van der Waals surface area contributed by atoms with Crippen molar-refractivity contribution >= 4 is 46.3 Å². The topological polar surface area (TPSA) is 193 Å². The number of amides is 5. The fourth-order valence-electron chi connectivity index (χ4n) is 9.47. The summed E-state index contributed by atoms with van der Waals surface area (Å²) in [7, 11) is 1.72. The predicted octanol–water partition coefficient (Wildman–Crippen LogP) is 5.04. The van der Waals surface area contributed by atoms with Crippen LogP contribution < -0.4 is 27.0 Å². The SMILES string of the molecule is C[C@@H](OCc1ccc(CCCOCCCCCOCCCc2cccc3c2n(C)c(=O)n3C2CCC(=O)NC2=O)cc1)[C@H](CCC(N)=O)NC(=O)[C@@H]1Cc2cccc3c2N1C(=O)CCC3. The number of rotatable bonds is 24. The Morgan fingerprint density at radius 3 is 2.26 bits per heavy atom. The number of hydrogen-bond acceptors (Lipinski definition) is 9. The quantitative estimate of drug-likeness (QED) is 0.0639. The van der Waals surface area contributed by atoms with E-state index in [0.717, 1.165) is 91.2 Å². The number of aryl methyl sites for hydroxylation is 4. The number of imide groups is 1. The van der Waals surface area contributed by atoms with Crippen molar-refractivity contribution in [1.29, 1.82) is 0 Å². The van der Waals surface area contributed by atoms with Gasteiger partial charge in [-0.1, -0.05) is 54.6 Å². The normalized spacial score (nSPS) is 18.1. The molecule has 15 heteroatoms. The number of anilines is 1. The fourth-order valence-corrected chi connectivity index (χ4v) is 9.47. The molecule has 65 heavy (non-hydrogen) atoms. The Morgan fingerprint density at radius 2 is 1.52 bits per heavy atom. The lowest BCUT2D eigenvalue weighted by Gasteiger charge is -2.29. The number of carbonyl (C=O) groups is 5. The Kier molecular flexibility index (Phi) is 16.4. The lowest BCUT2D eigenvalue weighted by molar-refractivity contribution is -0.135. The summed E-state index contributed by atoms with van der Waals surface area (Å²) >= 11 is 0. The number of primary amides is 1. The van der Waals surface area contributed by atoms with Gasteiger partial charge in [0.05, 0.1) is 35.5 Å². The van der Waals surface area contributed by atoms with Crippen molar-refractivity contribution < 1.29 is 38.2 Å². The van der Waals surface area contributed by atoms with Crippen molar-refractivity contribution in [3.05, 3.63) is 99.0 Å². The summed E-state index contributed by atoms with van der Waals surface area (Å²) in [6.07, 6.45) is 9.27. The highest BCUT2D eigenvalue weighted by molar-refractivity contribution is 6.05. The molecule has 348 valence electrons. The lowest BCUT2D eigenvalue weighted by Crippen LogP contribution is -2.53. The second kappa shape index (κ2) is 22.5. The van der Waals surface area contributed by atoms with Crippen LogP contribution in [-0.2, 0) is 77.5 Å². The molecule has 7 rings (SSSR count). The van der Waals surface area contributed by atoms with E-state index in [-0.39, 0.29) is 36.3 Å². The molecule has 0 aliphatic carbocycles. The molecule has 15 nitrogen and oxygen atoms in total. The molecular formula is C50H64N6O9. The molecule has 1 saturated heterocycles. The van der Waals surface area contributed by atoms with Gasteiger partial charge in [-0.3, -0.25) is 43.3 Å². The van der Waals surface area contributed by atoms with Crippen molar-refractivity contribution in [3.8, 4) is 0 Å². The van der Waals surface area contributed by atoms with Crippen molar-refractivity contribution in [2.45, 2.75) is 134 Å². The Morgan fingerprint density at radius 1 is 0.831 bits per heavy atom. The molecule has 4 atom stereocenters. The maximum Gasteiger partial charge on any atom is 0.329 e. The summed E-state index contributed by atoms with van der Waals surface area (Å²) in [4.78, 5) is 77.8. The number of piperidine rings is 1. The monoisotopic (exact) mass is 892 g/mol. The van der Waals surface area contributed by atoms with E-state index >= 15 is 0 Å². The predicted molar refractivity (Wildman–Crippen MR) is 246 cm³/mol. The molecule has 0 bridgehead atoms. The maximum absolute atomic E-state index is 13.8. The average Bonchev–Trinajstić information content (AvgIpc) is 3.75. The van der Waals surface area contributed by atoms with Gasteiger partial charge in [-0.15, -0.1) is 0 Å². The van der Waals surface area contributed by atoms with E-state index < -0.39 is 36.0 Å². The molecule has 1 aromatic heterocycles. The van der Waals surface area contributed by atoms with Crippen molar-refractivity contribution in [1.82, 2.24) is 19.8 Å². The Balaban J connectivity index is 0.749. The number of ether oxygens (including phenoxy) is 3. The first-order valence-corrected chi connectivity index (χ1v) is 23.4. The van der Waals surface area contributed by atoms with Crippen LogP contribution in [0.15, 0.2) is 65.5 Å². The summed E-state index contributed by atoms with van der Waals surface area (Å²) < 4.78 is 21.2. The molecule has 4 aromatic rings. The smallest absolute Gasteiger partial charge is 0.329 e. The van der Waals surface area contributed by atoms with Crippen LogP contribution in [0.3, 0.4) is 0 Å². The van der Waals surface area contributed by atoms with Crippen LogP contribution in [-0.4, -0.2) is 83.3 Å². The van der Waals surface area contributed by atoms with E-state index in [9.17, 15) is 28.8 Å². The highest BCUT2D eigenvalue weighted by Gasteiger charge is 2.41. The molecule has 4 heterocycles. The van der Waals surface area contributed by atoms with Gasteiger partial charge in [0.1, 0.15) is 12.1 Å². The highest BCUT2D eigenvalue weighted by Crippen LogP contribution is 2.39. The Bertz CT molecular complexity index is 2390. The third-order valence-corrected chi connectivity index (χ3v) is 13.0. The fraction of sp³-hybridized carbons (Fsp3) is 0.520. The lowest BCUT2D eigenvalue weighted by atomic mass is 10.0. The Hall–Kier alpha value is -5.64. The van der Waals surface area contributed by atoms with Crippen LogP contribution in [0.4, 0.5) is 5.69 Å². The first kappa shape index (κ1) is 47.3. The van der Waals surface area contributed by atoms with Gasteiger partial charge in [0.15, 0.2) is 0 Å². The zero-order chi connectivity index (χ0) is 45.9. The first-order valence-electron chi connectivity index (χ1n) is 23.4. The second-order valence-electron chi connectivity index (χ2n) is 17.7. The first-order chi connectivity index (χ1) is 31.5. The van der Waals surface area contributed by atoms with Crippen LogP contribution in [0.1, 0.15) is 111 Å². The molecule has 0 spiro atoms. The number of nitrogens with two attached hydrogens (primary N) is 1. The number of carbonyl (C=O) groups excluding carboxylic acids is 5. The summed E-state index contributed by atoms with van der Waals surface area (Å²) in [5, 5.41) is 5.48. The third-order valence-electron chi connectivity index (χ3n) is 13.0. The molecule has 3 aromatic carbocycles. The molecule has 0 radical (unpaired) electrons. The summed E-state index contributed by atoms with van der Waals surface area (Å²) in [5.41, 5.74) is 13.0. The van der Waals surface area contributed by atoms with Crippen molar-refractivity contribution in [3.63, 3.8) is 0 Å². The van der Waals surface area contributed by atoms with E-state index in [4.69, 9.17) is 19.9 Å². The number of unbranched alkanes of at least 4 members (excludes halogenated alkanes) is 2. The average molecular weight is 893 g/mol. The van der Waals surface area contributed by atoms with Gasteiger partial charge in [0.2, 0.25) is 29.5 Å². The van der Waals surface area contributed by atoms with E-state index in [1.54, 1.807) is 16.5 Å². The van der Waals surface area contributed by atoms with Crippen LogP contribution >= 0.6 is 0 Å². The number of para-hydroxylation sites is 2. The molecule has 4 N–H and O–H groups in total. The molecule has 5 amide bonds. The van der Waals surface area contributed by atoms with Gasteiger partial charge < -0.3 is 25.3 Å². The number of nitrogens with one attached hydrogen (secondary N) is 2. The summed E-state index contributed by atoms with van der Waals surface area (Å²) in [6.45, 7) is 4.92. The summed E-state index contributed by atoms with van der Waals surface area (Å²) in [5.74, 6) is -1.47. The minimum atomic E-state index is -0.698. The minimum Gasteiger partial charge on any atom is -0.381 e. The molecule has 1 unspecified atom stereocenters. The molecule has 3 aliphatic heterocycles. The van der Waals surface area contributed by atoms with Crippen LogP contribution in [0.5, 0.6) is 0 Å². The van der Waals surface area contributed by atoms with Crippen LogP contribution in [0.2, 0.25) is 0 Å². The van der Waals surface area contributed by atoms with E-state index in [0.29, 0.717) is 64.2 Å². The molecule has 3 aliphatic rings. The number of imidazole rings is 1. The van der Waals surface area contributed by atoms with Crippen LogP contribution in [0, 0.1) is 0 Å². The minimum absolute atomic E-state index is 0.0330. The largest absolute Gasteiger partial charge is 0.381 e. The zero-order valence-corrected chi connectivity index (χ0v) is 37.8. The maximum atomic E-state index is 13.8. The summed E-state index contributed by atoms with van der Waals surface area (Å²) in [6, 6.07) is 18.3. The second-order valence-corrected chi connectivity index (χ2v) is 17.7. The van der Waals surface area contributed by atoms with Gasteiger partial charge in [-0.25, -0.2) is 4.79 Å². The van der Waals surface area contributed by atoms with Gasteiger partial charge in [-0.05, 0) is 111 Å². The number of fused-ring (bicyclic) bond motifs is 1. The van der Waals surface area contributed by atoms with Gasteiger partial charge in [0, 0.05) is 59.2 Å². The van der Waals surface area contributed by atoms with Crippen molar-refractivity contribution in [2.75, 3.05) is 31.3 Å². The van der Waals surface area contributed by atoms with Crippen molar-refractivity contribution in [2.24, 2.45) is 12.8 Å².